The zero-order chi connectivity index (χ0) is 13.7. The number of likely N-dealkylation sites (N-methyl/N-ethyl adjacent to an activating group) is 1. The second kappa shape index (κ2) is 6.70. The Labute approximate surface area is 107 Å². The van der Waals surface area contributed by atoms with Crippen LogP contribution in [0.3, 0.4) is 0 Å². The summed E-state index contributed by atoms with van der Waals surface area (Å²) in [5.41, 5.74) is 5.81. The molecule has 1 saturated heterocycles. The van der Waals surface area contributed by atoms with Crippen LogP contribution < -0.4 is 5.73 Å². The minimum absolute atomic E-state index is 0.160. The van der Waals surface area contributed by atoms with Gasteiger partial charge >= 0.3 is 5.97 Å². The molecule has 0 aromatic rings. The normalized spacial score (nSPS) is 24.8. The number of carbonyl (C=O) groups excluding carboxylic acids is 1. The SMILES string of the molecule is CCC[C@H](N)C(=O)N(CC)C1COCC1C(=O)O. The molecule has 0 spiro atoms. The minimum Gasteiger partial charge on any atom is -0.481 e. The fraction of sp³-hybridized carbons (Fsp3) is 0.833. The molecule has 2 unspecified atom stereocenters. The van der Waals surface area contributed by atoms with Crippen molar-refractivity contribution in [2.45, 2.75) is 38.8 Å². The molecule has 6 heteroatoms. The molecule has 3 N–H and O–H groups in total. The highest BCUT2D eigenvalue weighted by Gasteiger charge is 2.40. The van der Waals surface area contributed by atoms with E-state index in [1.165, 1.54) is 0 Å². The lowest BCUT2D eigenvalue weighted by Crippen LogP contribution is -2.52. The van der Waals surface area contributed by atoms with E-state index >= 15 is 0 Å². The van der Waals surface area contributed by atoms with Crippen molar-refractivity contribution < 1.29 is 19.4 Å². The molecule has 3 atom stereocenters. The summed E-state index contributed by atoms with van der Waals surface area (Å²) in [4.78, 5) is 24.8. The van der Waals surface area contributed by atoms with E-state index in [1.807, 2.05) is 13.8 Å². The number of ether oxygens (including phenoxy) is 1. The summed E-state index contributed by atoms with van der Waals surface area (Å²) in [6.07, 6.45) is 1.44. The first-order chi connectivity index (χ1) is 8.52. The lowest BCUT2D eigenvalue weighted by atomic mass is 10.0. The number of carbonyl (C=O) groups is 2. The van der Waals surface area contributed by atoms with Crippen LogP contribution in [0.2, 0.25) is 0 Å². The van der Waals surface area contributed by atoms with Crippen LogP contribution >= 0.6 is 0 Å². The van der Waals surface area contributed by atoms with Crippen LogP contribution in [0.5, 0.6) is 0 Å². The highest BCUT2D eigenvalue weighted by Crippen LogP contribution is 2.21. The standard InChI is InChI=1S/C12H22N2O4/c1-3-5-9(13)11(15)14(4-2)10-7-18-6-8(10)12(16)17/h8-10H,3-7,13H2,1-2H3,(H,16,17)/t8?,9-,10?/m0/s1. The molecule has 0 saturated carbocycles. The van der Waals surface area contributed by atoms with E-state index in [2.05, 4.69) is 0 Å². The second-order valence-corrected chi connectivity index (χ2v) is 4.57. The van der Waals surface area contributed by atoms with Crippen molar-refractivity contribution in [3.63, 3.8) is 0 Å². The summed E-state index contributed by atoms with van der Waals surface area (Å²) in [7, 11) is 0. The Hall–Kier alpha value is -1.14. The third kappa shape index (κ3) is 3.20. The van der Waals surface area contributed by atoms with E-state index in [4.69, 9.17) is 15.6 Å². The molecule has 0 aliphatic carbocycles. The van der Waals surface area contributed by atoms with Crippen molar-refractivity contribution in [1.82, 2.24) is 4.90 Å². The van der Waals surface area contributed by atoms with Crippen LogP contribution in [0, 0.1) is 5.92 Å². The number of aliphatic carboxylic acids is 1. The third-order valence-corrected chi connectivity index (χ3v) is 3.31. The second-order valence-electron chi connectivity index (χ2n) is 4.57. The Balaban J connectivity index is 2.76. The average Bonchev–Trinajstić information content (AvgIpc) is 2.79. The fourth-order valence-electron chi connectivity index (χ4n) is 2.29. The predicted molar refractivity (Wildman–Crippen MR) is 66.0 cm³/mol. The summed E-state index contributed by atoms with van der Waals surface area (Å²) in [6, 6.07) is -0.951. The Bertz CT molecular complexity index is 308. The first-order valence-corrected chi connectivity index (χ1v) is 6.39. The van der Waals surface area contributed by atoms with Gasteiger partial charge in [0.25, 0.3) is 0 Å². The zero-order valence-electron chi connectivity index (χ0n) is 11.0. The van der Waals surface area contributed by atoms with Crippen molar-refractivity contribution in [2.24, 2.45) is 11.7 Å². The zero-order valence-corrected chi connectivity index (χ0v) is 11.0. The van der Waals surface area contributed by atoms with Crippen LogP contribution in [0.25, 0.3) is 0 Å². The summed E-state index contributed by atoms with van der Waals surface area (Å²) in [5.74, 6) is -1.75. The highest BCUT2D eigenvalue weighted by molar-refractivity contribution is 5.83. The molecule has 0 aromatic carbocycles. The topological polar surface area (TPSA) is 92.9 Å². The first kappa shape index (κ1) is 14.9. The van der Waals surface area contributed by atoms with Gasteiger partial charge in [-0.15, -0.1) is 0 Å². The molecule has 104 valence electrons. The molecule has 1 aliphatic rings. The maximum absolute atomic E-state index is 12.2. The van der Waals surface area contributed by atoms with Gasteiger partial charge in [0.15, 0.2) is 0 Å². The number of nitrogens with zero attached hydrogens (tertiary/aromatic N) is 1. The van der Waals surface area contributed by atoms with E-state index in [9.17, 15) is 9.59 Å². The Morgan fingerprint density at radius 2 is 2.11 bits per heavy atom. The van der Waals surface area contributed by atoms with E-state index in [0.717, 1.165) is 6.42 Å². The average molecular weight is 258 g/mol. The molecular formula is C12H22N2O4. The van der Waals surface area contributed by atoms with E-state index in [1.54, 1.807) is 4.90 Å². The van der Waals surface area contributed by atoms with Crippen LogP contribution in [0.1, 0.15) is 26.7 Å². The Morgan fingerprint density at radius 3 is 2.61 bits per heavy atom. The number of carboxylic acids is 1. The van der Waals surface area contributed by atoms with Crippen molar-refractivity contribution in [2.75, 3.05) is 19.8 Å². The van der Waals surface area contributed by atoms with Gasteiger partial charge in [0.2, 0.25) is 5.91 Å². The van der Waals surface area contributed by atoms with Gasteiger partial charge in [-0.1, -0.05) is 13.3 Å². The molecule has 0 bridgehead atoms. The largest absolute Gasteiger partial charge is 0.481 e. The first-order valence-electron chi connectivity index (χ1n) is 6.39. The highest BCUT2D eigenvalue weighted by atomic mass is 16.5. The summed E-state index contributed by atoms with van der Waals surface area (Å²) in [5, 5.41) is 9.10. The monoisotopic (exact) mass is 258 g/mol. The van der Waals surface area contributed by atoms with Crippen LogP contribution in [-0.4, -0.2) is 53.7 Å². The maximum Gasteiger partial charge on any atom is 0.311 e. The molecule has 18 heavy (non-hydrogen) atoms. The number of hydrogen-bond acceptors (Lipinski definition) is 4. The van der Waals surface area contributed by atoms with Gasteiger partial charge in [-0.25, -0.2) is 0 Å². The molecule has 1 amide bonds. The van der Waals surface area contributed by atoms with Crippen molar-refractivity contribution in [3.8, 4) is 0 Å². The van der Waals surface area contributed by atoms with Gasteiger partial charge in [0.1, 0.15) is 5.92 Å². The third-order valence-electron chi connectivity index (χ3n) is 3.31. The lowest BCUT2D eigenvalue weighted by molar-refractivity contribution is -0.145. The van der Waals surface area contributed by atoms with Crippen LogP contribution in [-0.2, 0) is 14.3 Å². The van der Waals surface area contributed by atoms with E-state index in [-0.39, 0.29) is 19.1 Å². The van der Waals surface area contributed by atoms with E-state index in [0.29, 0.717) is 13.0 Å². The number of carboxylic acid groups (broad SMARTS) is 1. The molecule has 0 radical (unpaired) electrons. The van der Waals surface area contributed by atoms with Crippen molar-refractivity contribution in [1.29, 1.82) is 0 Å². The lowest BCUT2D eigenvalue weighted by Gasteiger charge is -2.31. The molecule has 1 fully saturated rings. The number of rotatable bonds is 6. The quantitative estimate of drug-likeness (QED) is 0.703. The minimum atomic E-state index is -0.923. The molecule has 1 rings (SSSR count). The smallest absolute Gasteiger partial charge is 0.311 e. The van der Waals surface area contributed by atoms with E-state index < -0.39 is 24.0 Å². The molecule has 1 heterocycles. The van der Waals surface area contributed by atoms with Crippen LogP contribution in [0.4, 0.5) is 0 Å². The molecular weight excluding hydrogens is 236 g/mol. The van der Waals surface area contributed by atoms with Gasteiger partial charge in [-0.3, -0.25) is 9.59 Å². The Kier molecular flexibility index (Phi) is 5.55. The number of amides is 1. The number of nitrogens with two attached hydrogens (primary N) is 1. The van der Waals surface area contributed by atoms with Gasteiger partial charge < -0.3 is 20.5 Å². The molecule has 1 aliphatic heterocycles. The predicted octanol–water partition coefficient (Wildman–Crippen LogP) is 0.0619. The summed E-state index contributed by atoms with van der Waals surface area (Å²) in [6.45, 7) is 4.67. The molecule has 6 nitrogen and oxygen atoms in total. The molecule has 0 aromatic heterocycles. The van der Waals surface area contributed by atoms with Crippen LogP contribution in [0.15, 0.2) is 0 Å². The van der Waals surface area contributed by atoms with Gasteiger partial charge in [0.05, 0.1) is 25.3 Å². The summed E-state index contributed by atoms with van der Waals surface area (Å²) >= 11 is 0. The summed E-state index contributed by atoms with van der Waals surface area (Å²) < 4.78 is 5.19. The van der Waals surface area contributed by atoms with Gasteiger partial charge in [-0.05, 0) is 13.3 Å². The van der Waals surface area contributed by atoms with Gasteiger partial charge in [0, 0.05) is 6.54 Å². The fourth-order valence-corrected chi connectivity index (χ4v) is 2.29. The Morgan fingerprint density at radius 1 is 1.44 bits per heavy atom. The van der Waals surface area contributed by atoms with Crippen molar-refractivity contribution in [3.05, 3.63) is 0 Å². The van der Waals surface area contributed by atoms with Gasteiger partial charge in [-0.2, -0.15) is 0 Å². The van der Waals surface area contributed by atoms with Crippen molar-refractivity contribution >= 4 is 11.9 Å². The number of hydrogen-bond donors (Lipinski definition) is 2. The maximum atomic E-state index is 12.2.